The van der Waals surface area contributed by atoms with Crippen molar-refractivity contribution in [2.75, 3.05) is 0 Å². The summed E-state index contributed by atoms with van der Waals surface area (Å²) >= 11 is 0. The Balaban J connectivity index is 1.71. The number of amides is 1. The van der Waals surface area contributed by atoms with Gasteiger partial charge in [0.05, 0.1) is 0 Å². The number of carbonyl (C=O) groups is 1. The van der Waals surface area contributed by atoms with Gasteiger partial charge < -0.3 is 5.32 Å². The van der Waals surface area contributed by atoms with E-state index in [-0.39, 0.29) is 11.9 Å². The van der Waals surface area contributed by atoms with Gasteiger partial charge in [-0.25, -0.2) is 0 Å². The van der Waals surface area contributed by atoms with Crippen LogP contribution in [0.4, 0.5) is 0 Å². The van der Waals surface area contributed by atoms with E-state index in [1.165, 1.54) is 11.1 Å². The monoisotopic (exact) mass is 251 g/mol. The molecule has 0 saturated heterocycles. The van der Waals surface area contributed by atoms with Crippen molar-refractivity contribution in [1.29, 1.82) is 0 Å². The third-order valence-electron chi connectivity index (χ3n) is 3.78. The van der Waals surface area contributed by atoms with E-state index >= 15 is 0 Å². The SMILES string of the molecule is Cc1ccccc1C(=O)NC1Cc2ccccc2C1. The van der Waals surface area contributed by atoms with E-state index in [2.05, 4.69) is 29.6 Å². The Morgan fingerprint density at radius 3 is 2.21 bits per heavy atom. The highest BCUT2D eigenvalue weighted by Crippen LogP contribution is 2.22. The molecule has 96 valence electrons. The van der Waals surface area contributed by atoms with Crippen LogP contribution in [0.15, 0.2) is 48.5 Å². The highest BCUT2D eigenvalue weighted by molar-refractivity contribution is 5.95. The maximum absolute atomic E-state index is 12.3. The lowest BCUT2D eigenvalue weighted by Crippen LogP contribution is -2.35. The van der Waals surface area contributed by atoms with Gasteiger partial charge in [-0.15, -0.1) is 0 Å². The third-order valence-corrected chi connectivity index (χ3v) is 3.78. The van der Waals surface area contributed by atoms with Crippen LogP contribution in [0.2, 0.25) is 0 Å². The average Bonchev–Trinajstić information content (AvgIpc) is 2.81. The topological polar surface area (TPSA) is 29.1 Å². The first-order chi connectivity index (χ1) is 9.24. The molecule has 0 bridgehead atoms. The van der Waals surface area contributed by atoms with E-state index in [0.717, 1.165) is 24.0 Å². The van der Waals surface area contributed by atoms with Gasteiger partial charge in [0.2, 0.25) is 0 Å². The quantitative estimate of drug-likeness (QED) is 0.873. The van der Waals surface area contributed by atoms with E-state index in [9.17, 15) is 4.79 Å². The van der Waals surface area contributed by atoms with Crippen LogP contribution < -0.4 is 5.32 Å². The lowest BCUT2D eigenvalue weighted by atomic mass is 10.1. The maximum atomic E-state index is 12.3. The fourth-order valence-electron chi connectivity index (χ4n) is 2.75. The van der Waals surface area contributed by atoms with Crippen LogP contribution in [0.25, 0.3) is 0 Å². The van der Waals surface area contributed by atoms with Gasteiger partial charge in [-0.1, -0.05) is 42.5 Å². The first-order valence-electron chi connectivity index (χ1n) is 6.67. The van der Waals surface area contributed by atoms with Crippen molar-refractivity contribution in [1.82, 2.24) is 5.32 Å². The van der Waals surface area contributed by atoms with Gasteiger partial charge in [0.25, 0.3) is 5.91 Å². The van der Waals surface area contributed by atoms with E-state index in [4.69, 9.17) is 0 Å². The van der Waals surface area contributed by atoms with Gasteiger partial charge >= 0.3 is 0 Å². The summed E-state index contributed by atoms with van der Waals surface area (Å²) in [6.45, 7) is 1.97. The molecule has 2 aromatic carbocycles. The minimum Gasteiger partial charge on any atom is -0.349 e. The van der Waals surface area contributed by atoms with Crippen LogP contribution in [0.5, 0.6) is 0 Å². The lowest BCUT2D eigenvalue weighted by Gasteiger charge is -2.13. The molecule has 0 atom stereocenters. The molecule has 1 aliphatic carbocycles. The molecule has 2 heteroatoms. The van der Waals surface area contributed by atoms with Crippen LogP contribution in [-0.2, 0) is 12.8 Å². The number of benzene rings is 2. The molecule has 0 saturated carbocycles. The summed E-state index contributed by atoms with van der Waals surface area (Å²) in [5.41, 5.74) is 4.52. The summed E-state index contributed by atoms with van der Waals surface area (Å²) in [6, 6.07) is 16.4. The summed E-state index contributed by atoms with van der Waals surface area (Å²) in [4.78, 5) is 12.3. The predicted molar refractivity (Wildman–Crippen MR) is 76.3 cm³/mol. The molecule has 0 radical (unpaired) electrons. The molecule has 19 heavy (non-hydrogen) atoms. The van der Waals surface area contributed by atoms with E-state index in [0.29, 0.717) is 0 Å². The van der Waals surface area contributed by atoms with Crippen molar-refractivity contribution in [2.45, 2.75) is 25.8 Å². The number of hydrogen-bond donors (Lipinski definition) is 1. The molecule has 0 heterocycles. The molecule has 1 amide bonds. The predicted octanol–water partition coefficient (Wildman–Crippen LogP) is 2.89. The fraction of sp³-hybridized carbons (Fsp3) is 0.235. The second-order valence-electron chi connectivity index (χ2n) is 5.16. The zero-order valence-corrected chi connectivity index (χ0v) is 11.0. The number of aryl methyl sites for hydroxylation is 1. The summed E-state index contributed by atoms with van der Waals surface area (Å²) in [5.74, 6) is 0.0379. The summed E-state index contributed by atoms with van der Waals surface area (Å²) < 4.78 is 0. The van der Waals surface area contributed by atoms with E-state index in [1.54, 1.807) is 0 Å². The summed E-state index contributed by atoms with van der Waals surface area (Å²) in [5, 5.41) is 3.14. The number of nitrogens with one attached hydrogen (secondary N) is 1. The van der Waals surface area contributed by atoms with Crippen molar-refractivity contribution >= 4 is 5.91 Å². The minimum absolute atomic E-state index is 0.0379. The van der Waals surface area contributed by atoms with Gasteiger partial charge in [-0.2, -0.15) is 0 Å². The molecule has 0 spiro atoms. The Morgan fingerprint density at radius 1 is 1.00 bits per heavy atom. The van der Waals surface area contributed by atoms with Gasteiger partial charge in [0.15, 0.2) is 0 Å². The second-order valence-corrected chi connectivity index (χ2v) is 5.16. The van der Waals surface area contributed by atoms with Gasteiger partial charge in [0, 0.05) is 11.6 Å². The molecule has 3 rings (SSSR count). The van der Waals surface area contributed by atoms with Crippen LogP contribution in [0.1, 0.15) is 27.0 Å². The van der Waals surface area contributed by atoms with E-state index < -0.39 is 0 Å². The van der Waals surface area contributed by atoms with Gasteiger partial charge in [-0.05, 0) is 42.5 Å². The third kappa shape index (κ3) is 2.39. The highest BCUT2D eigenvalue weighted by atomic mass is 16.1. The van der Waals surface area contributed by atoms with Crippen LogP contribution in [-0.4, -0.2) is 11.9 Å². The molecule has 0 aliphatic heterocycles. The Morgan fingerprint density at radius 2 is 1.58 bits per heavy atom. The Kier molecular flexibility index (Phi) is 3.08. The summed E-state index contributed by atoms with van der Waals surface area (Å²) in [7, 11) is 0. The molecule has 1 N–H and O–H groups in total. The number of carbonyl (C=O) groups excluding carboxylic acids is 1. The molecule has 1 aliphatic rings. The van der Waals surface area contributed by atoms with Crippen LogP contribution in [0, 0.1) is 6.92 Å². The van der Waals surface area contributed by atoms with Crippen molar-refractivity contribution < 1.29 is 4.79 Å². The van der Waals surface area contributed by atoms with Crippen molar-refractivity contribution in [3.8, 4) is 0 Å². The molecule has 2 nitrogen and oxygen atoms in total. The molecular formula is C17H17NO. The fourth-order valence-corrected chi connectivity index (χ4v) is 2.75. The van der Waals surface area contributed by atoms with E-state index in [1.807, 2.05) is 31.2 Å². The number of fused-ring (bicyclic) bond motifs is 1. The first-order valence-corrected chi connectivity index (χ1v) is 6.67. The molecule has 0 aromatic heterocycles. The number of rotatable bonds is 2. The average molecular weight is 251 g/mol. The van der Waals surface area contributed by atoms with Crippen LogP contribution in [0.3, 0.4) is 0 Å². The molecule has 2 aromatic rings. The zero-order valence-electron chi connectivity index (χ0n) is 11.0. The Labute approximate surface area is 113 Å². The Bertz CT molecular complexity index is 593. The highest BCUT2D eigenvalue weighted by Gasteiger charge is 2.23. The van der Waals surface area contributed by atoms with Crippen molar-refractivity contribution in [3.05, 3.63) is 70.8 Å². The molecule has 0 unspecified atom stereocenters. The normalized spacial score (nSPS) is 14.2. The lowest BCUT2D eigenvalue weighted by molar-refractivity contribution is 0.0938. The molecule has 0 fully saturated rings. The second kappa shape index (κ2) is 4.88. The van der Waals surface area contributed by atoms with Crippen molar-refractivity contribution in [2.24, 2.45) is 0 Å². The number of hydrogen-bond acceptors (Lipinski definition) is 1. The zero-order chi connectivity index (χ0) is 13.2. The Hall–Kier alpha value is -2.09. The summed E-state index contributed by atoms with van der Waals surface area (Å²) in [6.07, 6.45) is 1.88. The van der Waals surface area contributed by atoms with Gasteiger partial charge in [0.1, 0.15) is 0 Å². The maximum Gasteiger partial charge on any atom is 0.251 e. The smallest absolute Gasteiger partial charge is 0.251 e. The largest absolute Gasteiger partial charge is 0.349 e. The van der Waals surface area contributed by atoms with Gasteiger partial charge in [-0.3, -0.25) is 4.79 Å². The first kappa shape index (κ1) is 12.0. The molecular weight excluding hydrogens is 234 g/mol. The minimum atomic E-state index is 0.0379. The standard InChI is InChI=1S/C17H17NO/c1-12-6-2-5-9-16(12)17(19)18-15-10-13-7-3-4-8-14(13)11-15/h2-9,15H,10-11H2,1H3,(H,18,19). The van der Waals surface area contributed by atoms with Crippen molar-refractivity contribution in [3.63, 3.8) is 0 Å². The van der Waals surface area contributed by atoms with Crippen LogP contribution >= 0.6 is 0 Å².